The molecule has 3 nitrogen and oxygen atoms in total. The highest BCUT2D eigenvalue weighted by atomic mass is 16.5. The van der Waals surface area contributed by atoms with Crippen molar-refractivity contribution < 1.29 is 9.84 Å². The van der Waals surface area contributed by atoms with Crippen LogP contribution < -0.4 is 10.1 Å². The van der Waals surface area contributed by atoms with Gasteiger partial charge in [-0.3, -0.25) is 5.32 Å². The van der Waals surface area contributed by atoms with E-state index in [1.807, 2.05) is 0 Å². The highest BCUT2D eigenvalue weighted by Crippen LogP contribution is 2.35. The zero-order valence-corrected chi connectivity index (χ0v) is 12.3. The van der Waals surface area contributed by atoms with Gasteiger partial charge in [0.15, 0.2) is 0 Å². The fraction of sp³-hybridized carbons (Fsp3) is 0.600. The molecule has 2 N–H and O–H groups in total. The summed E-state index contributed by atoms with van der Waals surface area (Å²) in [6.45, 7) is 11.5. The van der Waals surface area contributed by atoms with E-state index in [1.165, 1.54) is 22.3 Å². The minimum Gasteiger partial charge on any atom is -0.496 e. The molecule has 0 aromatic heterocycles. The second kappa shape index (κ2) is 5.72. The minimum absolute atomic E-state index is 0.0106. The average molecular weight is 251 g/mol. The van der Waals surface area contributed by atoms with Crippen molar-refractivity contribution in [2.75, 3.05) is 20.4 Å². The third-order valence-electron chi connectivity index (χ3n) is 3.62. The highest BCUT2D eigenvalue weighted by Gasteiger charge is 2.25. The maximum Gasteiger partial charge on any atom is 0.122 e. The monoisotopic (exact) mass is 251 g/mol. The molecule has 0 heterocycles. The number of rotatable bonds is 5. The van der Waals surface area contributed by atoms with E-state index < -0.39 is 0 Å². The van der Waals surface area contributed by atoms with Crippen molar-refractivity contribution in [1.29, 1.82) is 0 Å². The Morgan fingerprint density at radius 1 is 1.22 bits per heavy atom. The largest absolute Gasteiger partial charge is 0.496 e. The van der Waals surface area contributed by atoms with Crippen LogP contribution >= 0.6 is 0 Å². The number of aliphatic hydroxyl groups excluding tert-OH is 1. The van der Waals surface area contributed by atoms with Crippen molar-refractivity contribution in [2.24, 2.45) is 0 Å². The molecule has 0 aliphatic carbocycles. The molecule has 1 aromatic carbocycles. The summed E-state index contributed by atoms with van der Waals surface area (Å²) in [5, 5.41) is 11.9. The Morgan fingerprint density at radius 2 is 1.83 bits per heavy atom. The molecule has 0 amide bonds. The summed E-state index contributed by atoms with van der Waals surface area (Å²) in [7, 11) is 1.71. The molecule has 18 heavy (non-hydrogen) atoms. The summed E-state index contributed by atoms with van der Waals surface area (Å²) >= 11 is 0. The predicted molar refractivity (Wildman–Crippen MR) is 75.3 cm³/mol. The van der Waals surface area contributed by atoms with Crippen molar-refractivity contribution >= 4 is 0 Å². The number of hydrogen-bond acceptors (Lipinski definition) is 3. The van der Waals surface area contributed by atoms with Gasteiger partial charge in [-0.1, -0.05) is 13.8 Å². The third kappa shape index (κ3) is 2.85. The van der Waals surface area contributed by atoms with Crippen LogP contribution in [0.4, 0.5) is 0 Å². The molecule has 0 bridgehead atoms. The standard InChI is InChI=1S/C15H25NO2/c1-10-7-13(18-6)11(2)12(3)14(10)15(4,5)8-16-9-17/h7,16-17H,8-9H2,1-6H3. The molecule has 0 saturated heterocycles. The Kier molecular flexibility index (Phi) is 4.77. The minimum atomic E-state index is -0.0199. The summed E-state index contributed by atoms with van der Waals surface area (Å²) in [6.07, 6.45) is 0. The fourth-order valence-corrected chi connectivity index (χ4v) is 2.76. The van der Waals surface area contributed by atoms with E-state index in [-0.39, 0.29) is 12.1 Å². The zero-order chi connectivity index (χ0) is 13.9. The van der Waals surface area contributed by atoms with Gasteiger partial charge in [-0.25, -0.2) is 0 Å². The van der Waals surface area contributed by atoms with Gasteiger partial charge < -0.3 is 9.84 Å². The van der Waals surface area contributed by atoms with Crippen molar-refractivity contribution in [3.8, 4) is 5.75 Å². The molecule has 0 atom stereocenters. The maximum atomic E-state index is 8.92. The lowest BCUT2D eigenvalue weighted by Crippen LogP contribution is -2.34. The zero-order valence-electron chi connectivity index (χ0n) is 12.3. The van der Waals surface area contributed by atoms with Gasteiger partial charge >= 0.3 is 0 Å². The molecule has 0 saturated carbocycles. The first kappa shape index (κ1) is 15.0. The first-order valence-corrected chi connectivity index (χ1v) is 6.32. The van der Waals surface area contributed by atoms with E-state index in [0.29, 0.717) is 0 Å². The van der Waals surface area contributed by atoms with Crippen molar-refractivity contribution in [2.45, 2.75) is 40.0 Å². The van der Waals surface area contributed by atoms with Crippen LogP contribution in [0.1, 0.15) is 36.1 Å². The molecular formula is C15H25NO2. The van der Waals surface area contributed by atoms with Gasteiger partial charge in [0.05, 0.1) is 13.8 Å². The van der Waals surface area contributed by atoms with Crippen LogP contribution in [0.25, 0.3) is 0 Å². The lowest BCUT2D eigenvalue weighted by molar-refractivity contribution is 0.247. The number of aliphatic hydroxyl groups is 1. The Labute approximate surface area is 110 Å². The number of methoxy groups -OCH3 is 1. The van der Waals surface area contributed by atoms with Crippen molar-refractivity contribution in [3.63, 3.8) is 0 Å². The molecule has 0 radical (unpaired) electrons. The summed E-state index contributed by atoms with van der Waals surface area (Å²) in [5.41, 5.74) is 5.02. The van der Waals surface area contributed by atoms with E-state index in [1.54, 1.807) is 7.11 Å². The molecule has 0 spiro atoms. The first-order chi connectivity index (χ1) is 8.35. The van der Waals surface area contributed by atoms with E-state index in [2.05, 4.69) is 46.0 Å². The van der Waals surface area contributed by atoms with Gasteiger partial charge in [0, 0.05) is 12.0 Å². The Bertz CT molecular complexity index is 425. The molecule has 1 aromatic rings. The molecule has 102 valence electrons. The number of hydrogen-bond donors (Lipinski definition) is 2. The van der Waals surface area contributed by atoms with Gasteiger partial charge in [0.2, 0.25) is 0 Å². The number of aryl methyl sites for hydroxylation is 1. The van der Waals surface area contributed by atoms with Gasteiger partial charge in [0.25, 0.3) is 0 Å². The second-order valence-corrected chi connectivity index (χ2v) is 5.49. The van der Waals surface area contributed by atoms with Crippen LogP contribution in [-0.2, 0) is 5.41 Å². The van der Waals surface area contributed by atoms with Crippen LogP contribution in [0.5, 0.6) is 5.75 Å². The molecule has 0 fully saturated rings. The van der Waals surface area contributed by atoms with Gasteiger partial charge in [0.1, 0.15) is 5.75 Å². The third-order valence-corrected chi connectivity index (χ3v) is 3.62. The van der Waals surface area contributed by atoms with Crippen molar-refractivity contribution in [3.05, 3.63) is 28.3 Å². The maximum absolute atomic E-state index is 8.92. The van der Waals surface area contributed by atoms with Gasteiger partial charge in [-0.2, -0.15) is 0 Å². The van der Waals surface area contributed by atoms with E-state index in [9.17, 15) is 0 Å². The van der Waals surface area contributed by atoms with Crippen LogP contribution in [0.3, 0.4) is 0 Å². The van der Waals surface area contributed by atoms with E-state index in [4.69, 9.17) is 9.84 Å². The smallest absolute Gasteiger partial charge is 0.122 e. The van der Waals surface area contributed by atoms with Crippen LogP contribution in [0.2, 0.25) is 0 Å². The molecule has 1 rings (SSSR count). The van der Waals surface area contributed by atoms with E-state index >= 15 is 0 Å². The molecule has 0 aliphatic rings. The lowest BCUT2D eigenvalue weighted by Gasteiger charge is -2.30. The second-order valence-electron chi connectivity index (χ2n) is 5.49. The summed E-state index contributed by atoms with van der Waals surface area (Å²) in [5.74, 6) is 0.944. The number of ether oxygens (including phenoxy) is 1. The molecule has 3 heteroatoms. The number of benzene rings is 1. The predicted octanol–water partition coefficient (Wildman–Crippen LogP) is 2.44. The SMILES string of the molecule is COc1cc(C)c(C(C)(C)CNCO)c(C)c1C. The Hall–Kier alpha value is -1.06. The average Bonchev–Trinajstić information content (AvgIpc) is 2.31. The lowest BCUT2D eigenvalue weighted by atomic mass is 9.78. The summed E-state index contributed by atoms with van der Waals surface area (Å²) < 4.78 is 5.40. The van der Waals surface area contributed by atoms with Gasteiger partial charge in [-0.15, -0.1) is 0 Å². The number of nitrogens with one attached hydrogen (secondary N) is 1. The van der Waals surface area contributed by atoms with Crippen LogP contribution in [-0.4, -0.2) is 25.5 Å². The van der Waals surface area contributed by atoms with Gasteiger partial charge in [-0.05, 0) is 49.1 Å². The normalized spacial score (nSPS) is 11.7. The van der Waals surface area contributed by atoms with Crippen LogP contribution in [0, 0.1) is 20.8 Å². The Balaban J connectivity index is 3.28. The molecule has 0 aliphatic heterocycles. The summed E-state index contributed by atoms with van der Waals surface area (Å²) in [4.78, 5) is 0. The summed E-state index contributed by atoms with van der Waals surface area (Å²) in [6, 6.07) is 2.10. The quantitative estimate of drug-likeness (QED) is 0.790. The molecule has 0 unspecified atom stereocenters. The first-order valence-electron chi connectivity index (χ1n) is 6.32. The highest BCUT2D eigenvalue weighted by molar-refractivity contribution is 5.51. The molecular weight excluding hydrogens is 226 g/mol. The fourth-order valence-electron chi connectivity index (χ4n) is 2.76. The topological polar surface area (TPSA) is 41.5 Å². The Morgan fingerprint density at radius 3 is 2.33 bits per heavy atom. The van der Waals surface area contributed by atoms with Crippen molar-refractivity contribution in [1.82, 2.24) is 5.32 Å². The van der Waals surface area contributed by atoms with E-state index in [0.717, 1.165) is 12.3 Å². The van der Waals surface area contributed by atoms with Crippen LogP contribution in [0.15, 0.2) is 6.07 Å².